The molecule has 0 aliphatic carbocycles. The zero-order valence-electron chi connectivity index (χ0n) is 13.4. The lowest BCUT2D eigenvalue weighted by atomic mass is 9.80. The molecule has 11 heteroatoms. The van der Waals surface area contributed by atoms with Gasteiger partial charge in [0.15, 0.2) is 0 Å². The van der Waals surface area contributed by atoms with E-state index in [-0.39, 0.29) is 34.6 Å². The van der Waals surface area contributed by atoms with Gasteiger partial charge in [-0.1, -0.05) is 48.0 Å². The third-order valence-corrected chi connectivity index (χ3v) is 5.67. The smallest absolute Gasteiger partial charge is 0.353 e. The largest absolute Gasteiger partial charge is 0.384 e. The number of aromatic nitrogens is 3. The summed E-state index contributed by atoms with van der Waals surface area (Å²) in [6.07, 6.45) is -2.71. The minimum Gasteiger partial charge on any atom is -0.384 e. The molecule has 0 radical (unpaired) electrons. The Balaban J connectivity index is 2.33. The summed E-state index contributed by atoms with van der Waals surface area (Å²) in [5.41, 5.74) is -1.53. The molecule has 2 unspecified atom stereocenters. The van der Waals surface area contributed by atoms with E-state index in [0.717, 1.165) is 0 Å². The van der Waals surface area contributed by atoms with Gasteiger partial charge in [-0.2, -0.15) is 13.9 Å². The van der Waals surface area contributed by atoms with Crippen molar-refractivity contribution >= 4 is 35.0 Å². The Morgan fingerprint density at radius 1 is 1.31 bits per heavy atom. The lowest BCUT2D eigenvalue weighted by Crippen LogP contribution is -2.39. The molecule has 1 heterocycles. The van der Waals surface area contributed by atoms with Crippen molar-refractivity contribution in [2.75, 3.05) is 5.75 Å². The third kappa shape index (κ3) is 4.82. The second-order valence-corrected chi connectivity index (χ2v) is 7.74. The zero-order chi connectivity index (χ0) is 19.5. The van der Waals surface area contributed by atoms with Crippen molar-refractivity contribution in [2.45, 2.75) is 30.6 Å². The molecule has 0 saturated heterocycles. The molecule has 4 nitrogen and oxygen atoms in total. The second-order valence-electron chi connectivity index (χ2n) is 5.73. The highest BCUT2D eigenvalue weighted by atomic mass is 35.5. The number of nitrogens with zero attached hydrogens (tertiary/aromatic N) is 2. The second kappa shape index (κ2) is 8.33. The van der Waals surface area contributed by atoms with Crippen LogP contribution < -0.4 is 0 Å². The highest BCUT2D eigenvalue weighted by Gasteiger charge is 2.45. The molecule has 144 valence electrons. The van der Waals surface area contributed by atoms with E-state index < -0.39 is 29.0 Å². The van der Waals surface area contributed by atoms with Crippen molar-refractivity contribution in [1.29, 1.82) is 0 Å². The van der Waals surface area contributed by atoms with E-state index in [9.17, 15) is 22.7 Å². The number of rotatable bonds is 8. The molecule has 2 N–H and O–H groups in total. The van der Waals surface area contributed by atoms with Gasteiger partial charge in [-0.3, -0.25) is 5.10 Å². The van der Waals surface area contributed by atoms with Gasteiger partial charge in [-0.15, -0.1) is 0 Å². The van der Waals surface area contributed by atoms with Gasteiger partial charge in [-0.05, 0) is 18.1 Å². The number of hydrogen-bond acceptors (Lipinski definition) is 4. The number of aromatic amines is 1. The van der Waals surface area contributed by atoms with Crippen LogP contribution in [0.3, 0.4) is 0 Å². The monoisotopic (exact) mass is 431 g/mol. The normalized spacial score (nSPS) is 15.9. The van der Waals surface area contributed by atoms with Gasteiger partial charge in [0.2, 0.25) is 0 Å². The van der Waals surface area contributed by atoms with Gasteiger partial charge >= 0.3 is 11.7 Å². The van der Waals surface area contributed by atoms with Crippen molar-refractivity contribution in [3.05, 3.63) is 46.0 Å². The van der Waals surface area contributed by atoms with E-state index >= 15 is 0 Å². The quantitative estimate of drug-likeness (QED) is 0.590. The molecule has 2 aromatic rings. The number of hydrogen-bond donors (Lipinski definition) is 2. The molecule has 2 atom stereocenters. The molecule has 0 aliphatic heterocycles. The summed E-state index contributed by atoms with van der Waals surface area (Å²) in [4.78, 5) is 3.92. The number of nitrogens with one attached hydrogen (secondary N) is 1. The maximum Gasteiger partial charge on any atom is 0.353 e. The first-order valence-electron chi connectivity index (χ1n) is 7.38. The van der Waals surface area contributed by atoms with Gasteiger partial charge in [-0.25, -0.2) is 13.8 Å². The van der Waals surface area contributed by atoms with Crippen LogP contribution in [0, 0.1) is 5.92 Å². The van der Waals surface area contributed by atoms with E-state index in [1.54, 1.807) is 0 Å². The number of thioether (sulfide) groups is 1. The fraction of sp³-hybridized carbons (Fsp3) is 0.467. The van der Waals surface area contributed by atoms with Gasteiger partial charge in [0.05, 0.1) is 0 Å². The predicted molar refractivity (Wildman–Crippen MR) is 93.0 cm³/mol. The highest BCUT2D eigenvalue weighted by molar-refractivity contribution is 8.00. The minimum absolute atomic E-state index is 0.122. The molecule has 1 aromatic carbocycles. The standard InChI is InChI=1S/C15H15Cl2F4N3OS/c1-8(6-26-15(20,21)13(18)19)14(25,5-12-22-7-23-24-12)10-3-2-9(16)4-11(10)17/h2-4,7-8,13,25H,5-6H2,1H3,(H,22,23,24). The van der Waals surface area contributed by atoms with Crippen LogP contribution in [0.5, 0.6) is 0 Å². The number of alkyl halides is 4. The maximum absolute atomic E-state index is 13.3. The van der Waals surface area contributed by atoms with Crippen LogP contribution in [0.25, 0.3) is 0 Å². The van der Waals surface area contributed by atoms with E-state index in [2.05, 4.69) is 15.2 Å². The van der Waals surface area contributed by atoms with Crippen LogP contribution in [0.15, 0.2) is 24.5 Å². The van der Waals surface area contributed by atoms with Crippen LogP contribution in [0.4, 0.5) is 17.6 Å². The first-order valence-corrected chi connectivity index (χ1v) is 9.12. The Hall–Kier alpha value is -1.03. The fourth-order valence-corrected chi connectivity index (χ4v) is 3.83. The molecule has 0 amide bonds. The van der Waals surface area contributed by atoms with Crippen LogP contribution in [0.2, 0.25) is 10.0 Å². The Bertz CT molecular complexity index is 736. The lowest BCUT2D eigenvalue weighted by molar-refractivity contribution is -0.0574. The number of halogens is 6. The first-order chi connectivity index (χ1) is 12.1. The zero-order valence-corrected chi connectivity index (χ0v) is 15.7. The maximum atomic E-state index is 13.3. The first kappa shape index (κ1) is 21.3. The summed E-state index contributed by atoms with van der Waals surface area (Å²) < 4.78 is 51.3. The molecular formula is C15H15Cl2F4N3OS. The van der Waals surface area contributed by atoms with Gasteiger partial charge in [0, 0.05) is 27.8 Å². The fourth-order valence-electron chi connectivity index (χ4n) is 2.38. The summed E-state index contributed by atoms with van der Waals surface area (Å²) in [6.45, 7) is 1.47. The molecule has 0 aliphatic rings. The van der Waals surface area contributed by atoms with Crippen molar-refractivity contribution in [3.63, 3.8) is 0 Å². The van der Waals surface area contributed by atoms with Crippen molar-refractivity contribution < 1.29 is 22.7 Å². The average molecular weight is 432 g/mol. The molecule has 0 fully saturated rings. The Morgan fingerprint density at radius 2 is 2.00 bits per heavy atom. The third-order valence-electron chi connectivity index (χ3n) is 3.89. The number of aliphatic hydroxyl groups is 1. The number of H-pyrrole nitrogens is 1. The van der Waals surface area contributed by atoms with Crippen LogP contribution in [-0.2, 0) is 12.0 Å². The van der Waals surface area contributed by atoms with Crippen LogP contribution in [-0.4, -0.2) is 37.7 Å². The molecule has 26 heavy (non-hydrogen) atoms. The Labute approximate surface area is 161 Å². The summed E-state index contributed by atoms with van der Waals surface area (Å²) in [5, 5.41) is 13.8. The summed E-state index contributed by atoms with van der Waals surface area (Å²) in [7, 11) is 0. The van der Waals surface area contributed by atoms with Crippen molar-refractivity contribution in [1.82, 2.24) is 15.2 Å². The summed E-state index contributed by atoms with van der Waals surface area (Å²) in [6, 6.07) is 4.35. The lowest BCUT2D eigenvalue weighted by Gasteiger charge is -2.35. The highest BCUT2D eigenvalue weighted by Crippen LogP contribution is 2.43. The topological polar surface area (TPSA) is 61.8 Å². The predicted octanol–water partition coefficient (Wildman–Crippen LogP) is 4.77. The van der Waals surface area contributed by atoms with E-state index in [1.165, 1.54) is 31.5 Å². The molecule has 2 rings (SSSR count). The van der Waals surface area contributed by atoms with Gasteiger partial charge in [0.25, 0.3) is 0 Å². The van der Waals surface area contributed by atoms with Crippen molar-refractivity contribution in [3.8, 4) is 0 Å². The molecule has 1 aromatic heterocycles. The van der Waals surface area contributed by atoms with Crippen LogP contribution in [0.1, 0.15) is 18.3 Å². The Kier molecular flexibility index (Phi) is 6.81. The Morgan fingerprint density at radius 3 is 2.54 bits per heavy atom. The molecular weight excluding hydrogens is 417 g/mol. The van der Waals surface area contributed by atoms with E-state index in [4.69, 9.17) is 23.2 Å². The van der Waals surface area contributed by atoms with Crippen molar-refractivity contribution in [2.24, 2.45) is 5.92 Å². The average Bonchev–Trinajstić information content (AvgIpc) is 3.04. The summed E-state index contributed by atoms with van der Waals surface area (Å²) >= 11 is 11.8. The van der Waals surface area contributed by atoms with Gasteiger partial charge in [0.1, 0.15) is 17.8 Å². The molecule has 0 spiro atoms. The van der Waals surface area contributed by atoms with E-state index in [1.807, 2.05) is 0 Å². The molecule has 0 bridgehead atoms. The number of benzene rings is 1. The van der Waals surface area contributed by atoms with Crippen LogP contribution >= 0.6 is 35.0 Å². The SMILES string of the molecule is CC(CSC(F)(F)C(F)F)C(O)(Cc1ncn[nH]1)c1ccc(Cl)cc1Cl. The minimum atomic E-state index is -4.22. The summed E-state index contributed by atoms with van der Waals surface area (Å²) in [5.74, 6) is -1.03. The molecule has 0 saturated carbocycles. The van der Waals surface area contributed by atoms with Gasteiger partial charge < -0.3 is 5.11 Å². The van der Waals surface area contributed by atoms with E-state index in [0.29, 0.717) is 5.02 Å².